The molecule has 0 aromatic heterocycles. The Kier molecular flexibility index (Phi) is 45.3. The summed E-state index contributed by atoms with van der Waals surface area (Å²) >= 11 is 0. The third-order valence-corrected chi connectivity index (χ3v) is 8.47. The zero-order valence-corrected chi connectivity index (χ0v) is 32.1. The van der Waals surface area contributed by atoms with Crippen LogP contribution in [0, 0.1) is 0 Å². The summed E-state index contributed by atoms with van der Waals surface area (Å²) in [6.45, 7) is 7.79. The van der Waals surface area contributed by atoms with Gasteiger partial charge in [-0.3, -0.25) is 4.79 Å². The molecule has 0 spiro atoms. The van der Waals surface area contributed by atoms with Gasteiger partial charge in [-0.15, -0.1) is 37.2 Å². The van der Waals surface area contributed by atoms with Gasteiger partial charge in [-0.05, 0) is 45.4 Å². The number of carbonyl (C=O) groups is 1. The lowest BCUT2D eigenvalue weighted by atomic mass is 10.0. The van der Waals surface area contributed by atoms with Crippen LogP contribution < -0.4 is 11.5 Å². The molecular weight excluding hydrogens is 609 g/mol. The summed E-state index contributed by atoms with van der Waals surface area (Å²) in [6, 6.07) is 0. The fraction of sp³-hybridized carbons (Fsp3) is 0.919. The van der Waals surface area contributed by atoms with E-state index in [2.05, 4.69) is 26.0 Å². The Bertz CT molecular complexity index is 585. The van der Waals surface area contributed by atoms with Crippen LogP contribution in [-0.2, 0) is 4.79 Å². The van der Waals surface area contributed by atoms with Gasteiger partial charge >= 0.3 is 0 Å². The first-order chi connectivity index (χ1) is 19.9. The summed E-state index contributed by atoms with van der Waals surface area (Å²) in [7, 11) is 0. The third kappa shape index (κ3) is 36.5. The second-order valence-electron chi connectivity index (χ2n) is 13.1. The van der Waals surface area contributed by atoms with Gasteiger partial charge < -0.3 is 16.4 Å². The van der Waals surface area contributed by atoms with Crippen molar-refractivity contribution < 1.29 is 4.79 Å². The van der Waals surface area contributed by atoms with Gasteiger partial charge in [0.05, 0.1) is 0 Å². The molecule has 0 aromatic carbocycles. The zero-order chi connectivity index (χ0) is 30.3. The highest BCUT2D eigenvalue weighted by Gasteiger charge is 2.27. The van der Waals surface area contributed by atoms with Gasteiger partial charge in [0.2, 0.25) is 0 Å². The normalized spacial score (nSPS) is 11.2. The van der Waals surface area contributed by atoms with E-state index >= 15 is 0 Å². The predicted octanol–water partition coefficient (Wildman–Crippen LogP) is 12.2. The molecule has 0 aliphatic heterocycles. The number of nitrogens with two attached hydrogens (primary N) is 2. The number of hydrogen-bond acceptors (Lipinski definition) is 3. The van der Waals surface area contributed by atoms with E-state index in [9.17, 15) is 4.79 Å². The number of halogens is 3. The van der Waals surface area contributed by atoms with Gasteiger partial charge in [-0.25, -0.2) is 0 Å². The minimum Gasteiger partial charge on any atom is -0.340 e. The fourth-order valence-electron chi connectivity index (χ4n) is 5.70. The Balaban J connectivity index is -0.00000267. The maximum Gasteiger partial charge on any atom is 0.256 e. The Morgan fingerprint density at radius 3 is 1.00 bits per heavy atom. The monoisotopic (exact) mass is 686 g/mol. The second-order valence-corrected chi connectivity index (χ2v) is 13.1. The van der Waals surface area contributed by atoms with E-state index in [1.165, 1.54) is 167 Å². The molecule has 4 N–H and O–H groups in total. The van der Waals surface area contributed by atoms with Crippen LogP contribution in [0.5, 0.6) is 0 Å². The van der Waals surface area contributed by atoms with Gasteiger partial charge in [0.15, 0.2) is 0 Å². The average Bonchev–Trinajstić information content (AvgIpc) is 2.95. The number of rotatable bonds is 32. The van der Waals surface area contributed by atoms with Gasteiger partial charge in [-0.1, -0.05) is 167 Å². The Morgan fingerprint density at radius 2 is 0.727 bits per heavy atom. The number of nitrogens with zero attached hydrogens (tertiary/aromatic N) is 1. The lowest BCUT2D eigenvalue weighted by Gasteiger charge is -2.29. The molecule has 0 saturated carbocycles. The Morgan fingerprint density at radius 1 is 0.477 bits per heavy atom. The van der Waals surface area contributed by atoms with Crippen LogP contribution in [0.2, 0.25) is 0 Å². The highest BCUT2D eigenvalue weighted by molar-refractivity contribution is 5.86. The first-order valence-corrected chi connectivity index (χ1v) is 18.5. The van der Waals surface area contributed by atoms with Crippen LogP contribution in [0.3, 0.4) is 0 Å². The fourth-order valence-corrected chi connectivity index (χ4v) is 5.70. The first kappa shape index (κ1) is 50.8. The standard InChI is InChI=1S/C37H75N3O.3ClH/c1-4-6-8-10-12-14-16-18-20-21-23-25-27-29-31-33-35-40(36(41)37(3,38)39)34-32-30-28-26-24-22-19-17-15-13-11-9-7-5-2;;;/h18,20H,4-17,19,21-35,38-39H2,1-3H3;3*1H/b20-18-;;;. The molecular formula is C37H78Cl3N3O. The van der Waals surface area contributed by atoms with Crippen molar-refractivity contribution in [3.8, 4) is 0 Å². The molecule has 0 aromatic rings. The highest BCUT2D eigenvalue weighted by atomic mass is 35.5. The lowest BCUT2D eigenvalue weighted by Crippen LogP contribution is -2.59. The van der Waals surface area contributed by atoms with Crippen LogP contribution in [0.4, 0.5) is 0 Å². The molecule has 4 nitrogen and oxygen atoms in total. The van der Waals surface area contributed by atoms with Crippen LogP contribution in [0.15, 0.2) is 12.2 Å². The van der Waals surface area contributed by atoms with Crippen molar-refractivity contribution in [1.29, 1.82) is 0 Å². The van der Waals surface area contributed by atoms with E-state index in [-0.39, 0.29) is 43.1 Å². The van der Waals surface area contributed by atoms with Crippen molar-refractivity contribution in [2.45, 2.75) is 206 Å². The molecule has 0 rings (SSSR count). The minimum atomic E-state index is -1.27. The molecule has 0 heterocycles. The quantitative estimate of drug-likeness (QED) is 0.0420. The van der Waals surface area contributed by atoms with E-state index in [0.717, 1.165) is 25.9 Å². The molecule has 0 atom stereocenters. The van der Waals surface area contributed by atoms with Crippen LogP contribution in [-0.4, -0.2) is 29.6 Å². The molecule has 0 bridgehead atoms. The predicted molar refractivity (Wildman–Crippen MR) is 205 cm³/mol. The van der Waals surface area contributed by atoms with Gasteiger partial charge in [0.1, 0.15) is 5.66 Å². The molecule has 44 heavy (non-hydrogen) atoms. The van der Waals surface area contributed by atoms with Crippen molar-refractivity contribution in [3.05, 3.63) is 12.2 Å². The van der Waals surface area contributed by atoms with Crippen molar-refractivity contribution in [1.82, 2.24) is 4.90 Å². The molecule has 0 aliphatic carbocycles. The van der Waals surface area contributed by atoms with E-state index in [4.69, 9.17) is 11.5 Å². The van der Waals surface area contributed by atoms with E-state index < -0.39 is 5.66 Å². The molecule has 0 fully saturated rings. The minimum absolute atomic E-state index is 0. The first-order valence-electron chi connectivity index (χ1n) is 18.5. The summed E-state index contributed by atoms with van der Waals surface area (Å²) in [5.41, 5.74) is 10.7. The van der Waals surface area contributed by atoms with Crippen molar-refractivity contribution in [3.63, 3.8) is 0 Å². The molecule has 0 unspecified atom stereocenters. The SMILES string of the molecule is CCCCCCCC/C=C\CCCCCCCCN(CCCCCCCCCCCCCCCC)C(=O)C(C)(N)N.Cl.Cl.Cl. The maximum atomic E-state index is 12.8. The van der Waals surface area contributed by atoms with E-state index in [1.807, 2.05) is 4.90 Å². The highest BCUT2D eigenvalue weighted by Crippen LogP contribution is 2.15. The summed E-state index contributed by atoms with van der Waals surface area (Å²) in [6.07, 6.45) is 41.8. The second kappa shape index (κ2) is 39.2. The number of allylic oxidation sites excluding steroid dienone is 2. The maximum absolute atomic E-state index is 12.8. The third-order valence-electron chi connectivity index (χ3n) is 8.47. The average molecular weight is 687 g/mol. The Labute approximate surface area is 294 Å². The summed E-state index contributed by atoms with van der Waals surface area (Å²) in [5.74, 6) is -0.0973. The summed E-state index contributed by atoms with van der Waals surface area (Å²) in [4.78, 5) is 14.7. The van der Waals surface area contributed by atoms with Crippen molar-refractivity contribution in [2.75, 3.05) is 13.1 Å². The van der Waals surface area contributed by atoms with Gasteiger partial charge in [0, 0.05) is 13.1 Å². The van der Waals surface area contributed by atoms with Crippen LogP contribution in [0.25, 0.3) is 0 Å². The van der Waals surface area contributed by atoms with Gasteiger partial charge in [0.25, 0.3) is 5.91 Å². The topological polar surface area (TPSA) is 72.3 Å². The summed E-state index contributed by atoms with van der Waals surface area (Å²) in [5, 5.41) is 0. The molecule has 0 saturated heterocycles. The molecule has 268 valence electrons. The van der Waals surface area contributed by atoms with Crippen LogP contribution in [0.1, 0.15) is 201 Å². The molecule has 7 heteroatoms. The van der Waals surface area contributed by atoms with Crippen molar-refractivity contribution in [2.24, 2.45) is 11.5 Å². The largest absolute Gasteiger partial charge is 0.340 e. The smallest absolute Gasteiger partial charge is 0.256 e. The van der Waals surface area contributed by atoms with Crippen molar-refractivity contribution >= 4 is 43.1 Å². The number of unbranched alkanes of at least 4 members (excludes halogenated alkanes) is 25. The number of amides is 1. The molecule has 0 aliphatic rings. The molecule has 1 amide bonds. The Hall–Kier alpha value is -0.000000000000000111. The number of hydrogen-bond donors (Lipinski definition) is 2. The number of carbonyl (C=O) groups excluding carboxylic acids is 1. The van der Waals surface area contributed by atoms with E-state index in [1.54, 1.807) is 6.92 Å². The zero-order valence-electron chi connectivity index (χ0n) is 29.6. The lowest BCUT2D eigenvalue weighted by molar-refractivity contribution is -0.136. The summed E-state index contributed by atoms with van der Waals surface area (Å²) < 4.78 is 0. The van der Waals surface area contributed by atoms with Gasteiger partial charge in [-0.2, -0.15) is 0 Å². The van der Waals surface area contributed by atoms with Crippen LogP contribution >= 0.6 is 37.2 Å². The van der Waals surface area contributed by atoms with E-state index in [0.29, 0.717) is 0 Å². The molecule has 0 radical (unpaired) electrons.